The fraction of sp³-hybridized carbons (Fsp3) is 0.500. The highest BCUT2D eigenvalue weighted by Gasteiger charge is 2.51. The quantitative estimate of drug-likeness (QED) is 0.676. The van der Waals surface area contributed by atoms with Gasteiger partial charge in [0.15, 0.2) is 0 Å². The molecule has 0 radical (unpaired) electrons. The molecule has 0 atom stereocenters. The maximum atomic E-state index is 13.4. The summed E-state index contributed by atoms with van der Waals surface area (Å²) in [6.07, 6.45) is 7.07. The number of ether oxygens (including phenoxy) is 1. The summed E-state index contributed by atoms with van der Waals surface area (Å²) in [6.45, 7) is 1.86. The Morgan fingerprint density at radius 2 is 1.64 bits per heavy atom. The summed E-state index contributed by atoms with van der Waals surface area (Å²) in [7, 11) is -0.863. The first-order valence-corrected chi connectivity index (χ1v) is 13.2. The van der Waals surface area contributed by atoms with Crippen LogP contribution in [0.3, 0.4) is 0 Å². The van der Waals surface area contributed by atoms with Crippen LogP contribution in [0.5, 0.6) is 5.75 Å². The molecule has 33 heavy (non-hydrogen) atoms. The van der Waals surface area contributed by atoms with Crippen molar-refractivity contribution in [3.8, 4) is 5.75 Å². The van der Waals surface area contributed by atoms with E-state index in [-0.39, 0.29) is 16.3 Å². The number of para-hydroxylation sites is 2. The van der Waals surface area contributed by atoms with Gasteiger partial charge in [0, 0.05) is 18.2 Å². The fourth-order valence-electron chi connectivity index (χ4n) is 6.76. The number of benzene rings is 2. The van der Waals surface area contributed by atoms with E-state index in [1.807, 2.05) is 6.92 Å². The Morgan fingerprint density at radius 3 is 2.24 bits per heavy atom. The molecule has 0 saturated heterocycles. The minimum absolute atomic E-state index is 0.0946. The van der Waals surface area contributed by atoms with Crippen LogP contribution in [0.2, 0.25) is 0 Å². The van der Waals surface area contributed by atoms with Crippen LogP contribution in [-0.4, -0.2) is 34.0 Å². The van der Waals surface area contributed by atoms with Crippen LogP contribution < -0.4 is 14.4 Å². The lowest BCUT2D eigenvalue weighted by molar-refractivity contribution is -0.0167. The van der Waals surface area contributed by atoms with Gasteiger partial charge < -0.3 is 10.1 Å². The zero-order valence-corrected chi connectivity index (χ0v) is 20.3. The zero-order valence-electron chi connectivity index (χ0n) is 19.5. The summed E-state index contributed by atoms with van der Waals surface area (Å²) in [4.78, 5) is 13.5. The molecule has 1 amide bonds. The highest BCUT2D eigenvalue weighted by atomic mass is 32.2. The first-order valence-electron chi connectivity index (χ1n) is 11.8. The first kappa shape index (κ1) is 22.3. The van der Waals surface area contributed by atoms with Crippen LogP contribution >= 0.6 is 0 Å². The molecule has 1 N–H and O–H groups in total. The number of methoxy groups -OCH3 is 1. The molecule has 7 heteroatoms. The Labute approximate surface area is 196 Å². The lowest BCUT2D eigenvalue weighted by Crippen LogP contribution is -2.59. The number of amides is 1. The van der Waals surface area contributed by atoms with Crippen molar-refractivity contribution in [3.63, 3.8) is 0 Å². The van der Waals surface area contributed by atoms with Crippen molar-refractivity contribution >= 4 is 21.6 Å². The second-order valence-electron chi connectivity index (χ2n) is 10.3. The monoisotopic (exact) mass is 468 g/mol. The Balaban J connectivity index is 1.43. The molecule has 0 spiro atoms. The van der Waals surface area contributed by atoms with Gasteiger partial charge in [-0.2, -0.15) is 0 Å². The normalized spacial score (nSPS) is 27.9. The molecule has 4 aliphatic rings. The van der Waals surface area contributed by atoms with Crippen LogP contribution in [-0.2, 0) is 10.0 Å². The predicted octanol–water partition coefficient (Wildman–Crippen LogP) is 4.53. The van der Waals surface area contributed by atoms with E-state index in [0.29, 0.717) is 17.0 Å². The van der Waals surface area contributed by atoms with Gasteiger partial charge in [0.2, 0.25) is 0 Å². The molecule has 0 aliphatic heterocycles. The number of carbonyl (C=O) groups excluding carboxylic acids is 1. The van der Waals surface area contributed by atoms with E-state index in [9.17, 15) is 13.2 Å². The molecule has 0 unspecified atom stereocenters. The summed E-state index contributed by atoms with van der Waals surface area (Å²) in [5, 5.41) is 3.37. The molecule has 176 valence electrons. The van der Waals surface area contributed by atoms with Gasteiger partial charge in [-0.1, -0.05) is 18.2 Å². The maximum absolute atomic E-state index is 13.4. The summed E-state index contributed by atoms with van der Waals surface area (Å²) in [5.41, 5.74) is 1.53. The van der Waals surface area contributed by atoms with Gasteiger partial charge in [0.25, 0.3) is 15.9 Å². The number of aryl methyl sites for hydroxylation is 1. The molecule has 4 fully saturated rings. The molecule has 6 nitrogen and oxygen atoms in total. The van der Waals surface area contributed by atoms with Gasteiger partial charge in [-0.3, -0.25) is 9.10 Å². The van der Waals surface area contributed by atoms with Gasteiger partial charge in [-0.15, -0.1) is 0 Å². The first-order chi connectivity index (χ1) is 15.7. The molecule has 2 aromatic rings. The minimum atomic E-state index is -3.88. The van der Waals surface area contributed by atoms with Gasteiger partial charge in [0.1, 0.15) is 5.75 Å². The van der Waals surface area contributed by atoms with E-state index < -0.39 is 10.0 Å². The number of rotatable bonds is 6. The van der Waals surface area contributed by atoms with E-state index >= 15 is 0 Å². The number of anilines is 1. The molecule has 4 saturated carbocycles. The summed E-state index contributed by atoms with van der Waals surface area (Å²) in [5.74, 6) is 2.47. The number of sulfonamides is 1. The van der Waals surface area contributed by atoms with E-state index in [2.05, 4.69) is 5.32 Å². The Bertz CT molecular complexity index is 1160. The minimum Gasteiger partial charge on any atom is -0.495 e. The van der Waals surface area contributed by atoms with Crippen LogP contribution in [0, 0.1) is 24.7 Å². The van der Waals surface area contributed by atoms with E-state index in [0.717, 1.165) is 42.6 Å². The standard InChI is InChI=1S/C26H32N2O4S/c1-17-8-9-21(33(30,31)28(2)23-6-4-5-7-24(23)32-3)13-22(17)25(29)27-26-14-18-10-19(15-26)12-20(11-18)16-26/h4-9,13,18-20H,10-12,14-16H2,1-3H3,(H,27,29). The largest absolute Gasteiger partial charge is 0.495 e. The van der Waals surface area contributed by atoms with Crippen LogP contribution in [0.25, 0.3) is 0 Å². The highest BCUT2D eigenvalue weighted by molar-refractivity contribution is 7.92. The lowest BCUT2D eigenvalue weighted by atomic mass is 9.53. The van der Waals surface area contributed by atoms with Gasteiger partial charge >= 0.3 is 0 Å². The van der Waals surface area contributed by atoms with Crippen molar-refractivity contribution in [3.05, 3.63) is 53.6 Å². The summed E-state index contributed by atoms with van der Waals surface area (Å²) >= 11 is 0. The van der Waals surface area contributed by atoms with Gasteiger partial charge in [-0.25, -0.2) is 8.42 Å². The molecule has 0 aromatic heterocycles. The molecule has 0 heterocycles. The van der Waals surface area contributed by atoms with Crippen molar-refractivity contribution in [2.24, 2.45) is 17.8 Å². The third kappa shape index (κ3) is 3.90. The van der Waals surface area contributed by atoms with Crippen molar-refractivity contribution < 1.29 is 17.9 Å². The van der Waals surface area contributed by atoms with E-state index in [1.165, 1.54) is 43.8 Å². The van der Waals surface area contributed by atoms with Crippen molar-refractivity contribution in [1.29, 1.82) is 0 Å². The Morgan fingerprint density at radius 1 is 1.03 bits per heavy atom. The third-order valence-corrected chi connectivity index (χ3v) is 9.72. The molecule has 4 aliphatic carbocycles. The molecule has 6 rings (SSSR count). The van der Waals surface area contributed by atoms with Crippen LogP contribution in [0.1, 0.15) is 54.4 Å². The summed E-state index contributed by atoms with van der Waals surface area (Å²) < 4.78 is 33.4. The lowest BCUT2D eigenvalue weighted by Gasteiger charge is -2.56. The number of nitrogens with one attached hydrogen (secondary N) is 1. The topological polar surface area (TPSA) is 75.7 Å². The molecule has 4 bridgehead atoms. The number of hydrogen-bond donors (Lipinski definition) is 1. The van der Waals surface area contributed by atoms with Gasteiger partial charge in [0.05, 0.1) is 17.7 Å². The van der Waals surface area contributed by atoms with Crippen LogP contribution in [0.4, 0.5) is 5.69 Å². The second-order valence-corrected chi connectivity index (χ2v) is 12.2. The van der Waals surface area contributed by atoms with Crippen molar-refractivity contribution in [1.82, 2.24) is 5.32 Å². The van der Waals surface area contributed by atoms with E-state index in [4.69, 9.17) is 4.74 Å². The predicted molar refractivity (Wildman–Crippen MR) is 128 cm³/mol. The number of nitrogens with zero attached hydrogens (tertiary/aromatic N) is 1. The SMILES string of the molecule is COc1ccccc1N(C)S(=O)(=O)c1ccc(C)c(C(=O)NC23CC4CC(CC(C4)C2)C3)c1. The average Bonchev–Trinajstić information content (AvgIpc) is 2.77. The smallest absolute Gasteiger partial charge is 0.264 e. The number of hydrogen-bond acceptors (Lipinski definition) is 4. The fourth-order valence-corrected chi connectivity index (χ4v) is 7.99. The Hall–Kier alpha value is -2.54. The maximum Gasteiger partial charge on any atom is 0.264 e. The molecular formula is C26H32N2O4S. The van der Waals surface area contributed by atoms with Crippen LogP contribution in [0.15, 0.2) is 47.4 Å². The van der Waals surface area contributed by atoms with E-state index in [1.54, 1.807) is 36.4 Å². The third-order valence-electron chi connectivity index (χ3n) is 7.95. The number of carbonyl (C=O) groups is 1. The Kier molecular flexibility index (Phi) is 5.43. The molecule has 2 aromatic carbocycles. The summed E-state index contributed by atoms with van der Waals surface area (Å²) in [6, 6.07) is 11.8. The zero-order chi connectivity index (χ0) is 23.4. The van der Waals surface area contributed by atoms with Crippen molar-refractivity contribution in [2.45, 2.75) is 55.9 Å². The second kappa shape index (κ2) is 8.05. The highest BCUT2D eigenvalue weighted by Crippen LogP contribution is 2.55. The average molecular weight is 469 g/mol. The molecular weight excluding hydrogens is 436 g/mol. The van der Waals surface area contributed by atoms with Gasteiger partial charge in [-0.05, 0) is 93.0 Å². The van der Waals surface area contributed by atoms with Crippen molar-refractivity contribution in [2.75, 3.05) is 18.5 Å².